The van der Waals surface area contributed by atoms with Crippen molar-refractivity contribution in [3.63, 3.8) is 0 Å². The summed E-state index contributed by atoms with van der Waals surface area (Å²) in [5.41, 5.74) is 2.26. The van der Waals surface area contributed by atoms with Crippen molar-refractivity contribution >= 4 is 22.4 Å². The van der Waals surface area contributed by atoms with Gasteiger partial charge in [0.05, 0.1) is 11.8 Å². The lowest BCUT2D eigenvalue weighted by atomic mass is 9.87. The number of hydrogen-bond donors (Lipinski definition) is 1. The van der Waals surface area contributed by atoms with Gasteiger partial charge in [0.2, 0.25) is 5.91 Å². The van der Waals surface area contributed by atoms with E-state index in [1.54, 1.807) is 0 Å². The molecule has 0 bridgehead atoms. The number of aromatic nitrogens is 1. The molecule has 1 N–H and O–H groups in total. The quantitative estimate of drug-likeness (QED) is 0.906. The van der Waals surface area contributed by atoms with E-state index >= 15 is 0 Å². The minimum Gasteiger partial charge on any atom is -0.301 e. The Balaban J connectivity index is 1.82. The van der Waals surface area contributed by atoms with Crippen LogP contribution < -0.4 is 5.32 Å². The monoisotopic (exact) mass is 325 g/mol. The van der Waals surface area contributed by atoms with Gasteiger partial charge < -0.3 is 5.32 Å². The van der Waals surface area contributed by atoms with E-state index in [-0.39, 0.29) is 5.91 Å². The van der Waals surface area contributed by atoms with E-state index in [1.165, 1.54) is 16.9 Å². The van der Waals surface area contributed by atoms with Crippen LogP contribution in [0.2, 0.25) is 0 Å². The number of carbonyl (C=O) groups excluding carboxylic acids is 1. The first kappa shape index (κ1) is 15.7. The SMILES string of the molecule is Cc1ccc(-c2nc(NC(=O)C3(C#N)CCCC3)sc2C)cc1. The number of hydrogen-bond acceptors (Lipinski definition) is 4. The molecule has 4 nitrogen and oxygen atoms in total. The van der Waals surface area contributed by atoms with Crippen LogP contribution in [0.25, 0.3) is 11.3 Å². The molecule has 1 heterocycles. The molecule has 1 aromatic heterocycles. The Hall–Kier alpha value is -2.19. The van der Waals surface area contributed by atoms with Gasteiger partial charge in [-0.2, -0.15) is 5.26 Å². The van der Waals surface area contributed by atoms with Crippen LogP contribution in [-0.4, -0.2) is 10.9 Å². The highest BCUT2D eigenvalue weighted by molar-refractivity contribution is 7.16. The maximum atomic E-state index is 12.5. The van der Waals surface area contributed by atoms with E-state index < -0.39 is 5.41 Å². The second-order valence-electron chi connectivity index (χ2n) is 6.14. The normalized spacial score (nSPS) is 16.0. The van der Waals surface area contributed by atoms with E-state index in [0.717, 1.165) is 29.0 Å². The smallest absolute Gasteiger partial charge is 0.246 e. The number of nitriles is 1. The van der Waals surface area contributed by atoms with Gasteiger partial charge in [-0.1, -0.05) is 42.7 Å². The Labute approximate surface area is 140 Å². The summed E-state index contributed by atoms with van der Waals surface area (Å²) in [6, 6.07) is 10.4. The molecule has 1 fully saturated rings. The molecule has 0 spiro atoms. The molecule has 23 heavy (non-hydrogen) atoms. The Morgan fingerprint density at radius 3 is 2.52 bits per heavy atom. The van der Waals surface area contributed by atoms with Crippen molar-refractivity contribution in [2.45, 2.75) is 39.5 Å². The Kier molecular flexibility index (Phi) is 4.18. The first-order valence-corrected chi connectivity index (χ1v) is 8.63. The van der Waals surface area contributed by atoms with Gasteiger partial charge in [-0.3, -0.25) is 4.79 Å². The third kappa shape index (κ3) is 2.99. The summed E-state index contributed by atoms with van der Waals surface area (Å²) < 4.78 is 0. The predicted octanol–water partition coefficient (Wildman–Crippen LogP) is 4.45. The molecule has 0 aliphatic heterocycles. The lowest BCUT2D eigenvalue weighted by Crippen LogP contribution is -2.32. The highest BCUT2D eigenvalue weighted by atomic mass is 32.1. The van der Waals surface area contributed by atoms with Crippen molar-refractivity contribution in [3.05, 3.63) is 34.7 Å². The molecule has 1 aliphatic carbocycles. The summed E-state index contributed by atoms with van der Waals surface area (Å²) in [6.45, 7) is 4.05. The number of nitrogens with zero attached hydrogens (tertiary/aromatic N) is 2. The van der Waals surface area contributed by atoms with Gasteiger partial charge >= 0.3 is 0 Å². The summed E-state index contributed by atoms with van der Waals surface area (Å²) in [6.07, 6.45) is 3.16. The lowest BCUT2D eigenvalue weighted by molar-refractivity contribution is -0.122. The maximum absolute atomic E-state index is 12.5. The second kappa shape index (κ2) is 6.13. The predicted molar refractivity (Wildman–Crippen MR) is 92.2 cm³/mol. The van der Waals surface area contributed by atoms with E-state index in [2.05, 4.69) is 28.5 Å². The first-order valence-electron chi connectivity index (χ1n) is 7.81. The zero-order valence-corrected chi connectivity index (χ0v) is 14.2. The van der Waals surface area contributed by atoms with Gasteiger partial charge in [0.25, 0.3) is 0 Å². The van der Waals surface area contributed by atoms with Gasteiger partial charge in [0.1, 0.15) is 5.41 Å². The molecule has 1 aliphatic rings. The van der Waals surface area contributed by atoms with Crippen molar-refractivity contribution in [2.75, 3.05) is 5.32 Å². The van der Waals surface area contributed by atoms with Crippen molar-refractivity contribution < 1.29 is 4.79 Å². The van der Waals surface area contributed by atoms with Crippen LogP contribution in [0.1, 0.15) is 36.1 Å². The highest BCUT2D eigenvalue weighted by Gasteiger charge is 2.41. The van der Waals surface area contributed by atoms with E-state index in [0.29, 0.717) is 18.0 Å². The molecule has 0 unspecified atom stereocenters. The summed E-state index contributed by atoms with van der Waals surface area (Å²) in [5.74, 6) is -0.207. The van der Waals surface area contributed by atoms with E-state index in [9.17, 15) is 10.1 Å². The molecular formula is C18H19N3OS. The average Bonchev–Trinajstić information content (AvgIpc) is 3.16. The van der Waals surface area contributed by atoms with Gasteiger partial charge in [0.15, 0.2) is 5.13 Å². The third-order valence-corrected chi connectivity index (χ3v) is 5.33. The summed E-state index contributed by atoms with van der Waals surface area (Å²) in [7, 11) is 0. The number of benzene rings is 1. The topological polar surface area (TPSA) is 65.8 Å². The van der Waals surface area contributed by atoms with Crippen LogP contribution in [0.3, 0.4) is 0 Å². The molecule has 1 amide bonds. The molecule has 118 valence electrons. The van der Waals surface area contributed by atoms with E-state index in [4.69, 9.17) is 0 Å². The number of anilines is 1. The van der Waals surface area contributed by atoms with Crippen LogP contribution in [-0.2, 0) is 4.79 Å². The molecule has 5 heteroatoms. The fraction of sp³-hybridized carbons (Fsp3) is 0.389. The van der Waals surface area contributed by atoms with Crippen LogP contribution in [0.15, 0.2) is 24.3 Å². The largest absolute Gasteiger partial charge is 0.301 e. The first-order chi connectivity index (χ1) is 11.0. The molecule has 0 atom stereocenters. The highest BCUT2D eigenvalue weighted by Crippen LogP contribution is 2.39. The fourth-order valence-electron chi connectivity index (χ4n) is 3.01. The number of nitrogens with one attached hydrogen (secondary N) is 1. The van der Waals surface area contributed by atoms with E-state index in [1.807, 2.05) is 26.0 Å². The van der Waals surface area contributed by atoms with Gasteiger partial charge in [-0.05, 0) is 26.7 Å². The minimum absolute atomic E-state index is 0.207. The standard InChI is InChI=1S/C18H19N3OS/c1-12-5-7-14(8-6-12)15-13(2)23-17(20-15)21-16(22)18(11-19)9-3-4-10-18/h5-8H,3-4,9-10H2,1-2H3,(H,20,21,22). The number of thiazole rings is 1. The zero-order valence-electron chi connectivity index (χ0n) is 13.3. The third-order valence-electron chi connectivity index (χ3n) is 4.45. The number of rotatable bonds is 3. The molecule has 3 rings (SSSR count). The van der Waals surface area contributed by atoms with Crippen LogP contribution in [0.4, 0.5) is 5.13 Å². The second-order valence-corrected chi connectivity index (χ2v) is 7.35. The maximum Gasteiger partial charge on any atom is 0.246 e. The fourth-order valence-corrected chi connectivity index (χ4v) is 3.84. The van der Waals surface area contributed by atoms with Crippen molar-refractivity contribution in [1.29, 1.82) is 5.26 Å². The van der Waals surface area contributed by atoms with Crippen molar-refractivity contribution in [3.8, 4) is 17.3 Å². The lowest BCUT2D eigenvalue weighted by Gasteiger charge is -2.17. The van der Waals surface area contributed by atoms with Crippen LogP contribution in [0, 0.1) is 30.6 Å². The van der Waals surface area contributed by atoms with Crippen molar-refractivity contribution in [1.82, 2.24) is 4.98 Å². The Morgan fingerprint density at radius 2 is 1.91 bits per heavy atom. The molecule has 0 radical (unpaired) electrons. The number of amides is 1. The molecule has 0 saturated heterocycles. The molecule has 1 saturated carbocycles. The molecule has 1 aromatic carbocycles. The number of carbonyl (C=O) groups is 1. The Morgan fingerprint density at radius 1 is 1.26 bits per heavy atom. The van der Waals surface area contributed by atoms with Crippen molar-refractivity contribution in [2.24, 2.45) is 5.41 Å². The summed E-state index contributed by atoms with van der Waals surface area (Å²) in [4.78, 5) is 18.1. The Bertz CT molecular complexity index is 765. The van der Waals surface area contributed by atoms with Gasteiger partial charge in [-0.25, -0.2) is 4.98 Å². The van der Waals surface area contributed by atoms with Crippen LogP contribution in [0.5, 0.6) is 0 Å². The van der Waals surface area contributed by atoms with Crippen LogP contribution >= 0.6 is 11.3 Å². The summed E-state index contributed by atoms with van der Waals surface area (Å²) in [5, 5.41) is 12.8. The minimum atomic E-state index is -0.871. The zero-order chi connectivity index (χ0) is 16.4. The molecule has 2 aromatic rings. The average molecular weight is 325 g/mol. The van der Waals surface area contributed by atoms with Gasteiger partial charge in [-0.15, -0.1) is 11.3 Å². The molecular weight excluding hydrogens is 306 g/mol. The number of aryl methyl sites for hydroxylation is 2. The van der Waals surface area contributed by atoms with Gasteiger partial charge in [0, 0.05) is 10.4 Å². The summed E-state index contributed by atoms with van der Waals surface area (Å²) >= 11 is 1.46.